The molecule has 5 nitrogen and oxygen atoms in total. The van der Waals surface area contributed by atoms with Crippen molar-refractivity contribution in [1.82, 2.24) is 4.90 Å². The fraction of sp³-hybridized carbons (Fsp3) is 0.467. The van der Waals surface area contributed by atoms with Crippen molar-refractivity contribution in [3.63, 3.8) is 0 Å². The predicted octanol–water partition coefficient (Wildman–Crippen LogP) is 3.84. The number of rotatable bonds is 2. The lowest BCUT2D eigenvalue weighted by Gasteiger charge is -2.25. The fourth-order valence-electron chi connectivity index (χ4n) is 2.45. The van der Waals surface area contributed by atoms with E-state index >= 15 is 0 Å². The number of aromatic carboxylic acids is 1. The van der Waals surface area contributed by atoms with Crippen molar-refractivity contribution in [3.8, 4) is 0 Å². The third kappa shape index (κ3) is 4.36. The second-order valence-electron chi connectivity index (χ2n) is 5.18. The number of carboxylic acid groups (broad SMARTS) is 1. The van der Waals surface area contributed by atoms with Crippen LogP contribution in [0.25, 0.3) is 0 Å². The van der Waals surface area contributed by atoms with E-state index in [-0.39, 0.29) is 17.3 Å². The topological polar surface area (TPSA) is 69.6 Å². The van der Waals surface area contributed by atoms with Gasteiger partial charge in [-0.1, -0.05) is 30.9 Å². The number of carbonyl (C=O) groups is 2. The van der Waals surface area contributed by atoms with Crippen molar-refractivity contribution < 1.29 is 14.7 Å². The lowest BCUT2D eigenvalue weighted by atomic mass is 10.1. The molecule has 0 unspecified atom stereocenters. The van der Waals surface area contributed by atoms with Crippen molar-refractivity contribution in [2.24, 2.45) is 0 Å². The summed E-state index contributed by atoms with van der Waals surface area (Å²) in [6, 6.07) is 4.10. The van der Waals surface area contributed by atoms with E-state index < -0.39 is 5.97 Å². The van der Waals surface area contributed by atoms with Gasteiger partial charge in [-0.2, -0.15) is 0 Å². The molecule has 0 bridgehead atoms. The zero-order chi connectivity index (χ0) is 15.2. The number of nitrogens with zero attached hydrogens (tertiary/aromatic N) is 1. The van der Waals surface area contributed by atoms with Crippen LogP contribution >= 0.6 is 11.6 Å². The number of halogens is 1. The van der Waals surface area contributed by atoms with Gasteiger partial charge in [-0.3, -0.25) is 0 Å². The highest BCUT2D eigenvalue weighted by Crippen LogP contribution is 2.22. The lowest BCUT2D eigenvalue weighted by molar-refractivity contribution is 0.0698. The maximum absolute atomic E-state index is 12.3. The molecule has 0 atom stereocenters. The Bertz CT molecular complexity index is 526. The number of hydrogen-bond acceptors (Lipinski definition) is 2. The Morgan fingerprint density at radius 1 is 1.10 bits per heavy atom. The second-order valence-corrected chi connectivity index (χ2v) is 5.62. The van der Waals surface area contributed by atoms with E-state index in [0.29, 0.717) is 18.1 Å². The van der Waals surface area contributed by atoms with Crippen molar-refractivity contribution in [3.05, 3.63) is 28.8 Å². The first-order valence-corrected chi connectivity index (χ1v) is 7.54. The summed E-state index contributed by atoms with van der Waals surface area (Å²) in [6.45, 7) is 1.41. The second kappa shape index (κ2) is 7.31. The van der Waals surface area contributed by atoms with Crippen LogP contribution in [-0.4, -0.2) is 35.1 Å². The number of benzene rings is 1. The molecule has 1 saturated heterocycles. The summed E-state index contributed by atoms with van der Waals surface area (Å²) < 4.78 is 0. The molecule has 6 heteroatoms. The highest BCUT2D eigenvalue weighted by Gasteiger charge is 2.18. The molecule has 1 aromatic carbocycles. The Morgan fingerprint density at radius 3 is 2.33 bits per heavy atom. The van der Waals surface area contributed by atoms with Gasteiger partial charge in [0.1, 0.15) is 0 Å². The van der Waals surface area contributed by atoms with Gasteiger partial charge in [0.05, 0.1) is 11.3 Å². The number of likely N-dealkylation sites (tertiary alicyclic amines) is 1. The minimum Gasteiger partial charge on any atom is -0.478 e. The number of nitrogens with one attached hydrogen (secondary N) is 1. The molecule has 1 heterocycles. The summed E-state index contributed by atoms with van der Waals surface area (Å²) in [5, 5.41) is 12.2. The van der Waals surface area contributed by atoms with Gasteiger partial charge in [-0.25, -0.2) is 9.59 Å². The molecular weight excluding hydrogens is 292 g/mol. The highest BCUT2D eigenvalue weighted by atomic mass is 35.5. The summed E-state index contributed by atoms with van der Waals surface area (Å²) in [5.41, 5.74) is 0.279. The van der Waals surface area contributed by atoms with E-state index in [0.717, 1.165) is 25.7 Å². The number of carboxylic acids is 1. The first-order valence-electron chi connectivity index (χ1n) is 7.16. The monoisotopic (exact) mass is 310 g/mol. The van der Waals surface area contributed by atoms with Crippen LogP contribution in [0, 0.1) is 0 Å². The third-order valence-corrected chi connectivity index (χ3v) is 3.83. The normalized spacial score (nSPS) is 16.0. The van der Waals surface area contributed by atoms with Gasteiger partial charge in [-0.15, -0.1) is 0 Å². The zero-order valence-corrected chi connectivity index (χ0v) is 12.5. The number of amides is 2. The maximum Gasteiger partial charge on any atom is 0.337 e. The summed E-state index contributed by atoms with van der Waals surface area (Å²) in [4.78, 5) is 25.2. The van der Waals surface area contributed by atoms with E-state index in [1.54, 1.807) is 4.90 Å². The highest BCUT2D eigenvalue weighted by molar-refractivity contribution is 6.31. The van der Waals surface area contributed by atoms with Gasteiger partial charge in [0.25, 0.3) is 0 Å². The quantitative estimate of drug-likeness (QED) is 0.872. The molecule has 114 valence electrons. The average molecular weight is 311 g/mol. The molecule has 1 aliphatic rings. The molecule has 2 amide bonds. The molecule has 1 fully saturated rings. The van der Waals surface area contributed by atoms with Gasteiger partial charge >= 0.3 is 12.0 Å². The Kier molecular flexibility index (Phi) is 5.44. The number of hydrogen-bond donors (Lipinski definition) is 2. The van der Waals surface area contributed by atoms with Crippen LogP contribution < -0.4 is 5.32 Å². The first-order chi connectivity index (χ1) is 10.1. The van der Waals surface area contributed by atoms with Crippen LogP contribution in [0.4, 0.5) is 10.5 Å². The van der Waals surface area contributed by atoms with E-state index in [1.807, 2.05) is 0 Å². The predicted molar refractivity (Wildman–Crippen MR) is 82.1 cm³/mol. The van der Waals surface area contributed by atoms with Gasteiger partial charge in [0.15, 0.2) is 0 Å². The Labute approximate surface area is 128 Å². The molecule has 0 radical (unpaired) electrons. The molecule has 2 N–H and O–H groups in total. The van der Waals surface area contributed by atoms with E-state index in [1.165, 1.54) is 24.6 Å². The molecule has 1 aromatic rings. The molecule has 0 spiro atoms. The molecule has 0 aromatic heterocycles. The average Bonchev–Trinajstić information content (AvgIpc) is 2.37. The fourth-order valence-corrected chi connectivity index (χ4v) is 2.62. The Hall–Kier alpha value is -1.75. The Balaban J connectivity index is 2.10. The standard InChI is InChI=1S/C15H19ClN2O3/c16-11-6-7-12(14(19)20)13(10-11)17-15(21)18-8-4-2-1-3-5-9-18/h6-7,10H,1-5,8-9H2,(H,17,21)(H,19,20). The summed E-state index contributed by atoms with van der Waals surface area (Å²) in [6.07, 6.45) is 5.43. The molecule has 1 aliphatic heterocycles. The molecule has 0 aliphatic carbocycles. The van der Waals surface area contributed by atoms with Gasteiger partial charge in [0, 0.05) is 18.1 Å². The number of urea groups is 1. The zero-order valence-electron chi connectivity index (χ0n) is 11.8. The third-order valence-electron chi connectivity index (χ3n) is 3.60. The van der Waals surface area contributed by atoms with Crippen LogP contribution in [0.5, 0.6) is 0 Å². The van der Waals surface area contributed by atoms with Crippen molar-refractivity contribution in [2.75, 3.05) is 18.4 Å². The largest absolute Gasteiger partial charge is 0.478 e. The van der Waals surface area contributed by atoms with E-state index in [4.69, 9.17) is 16.7 Å². The van der Waals surface area contributed by atoms with Crippen LogP contribution in [0.2, 0.25) is 5.02 Å². The molecule has 0 saturated carbocycles. The van der Waals surface area contributed by atoms with Gasteiger partial charge < -0.3 is 15.3 Å². The smallest absolute Gasteiger partial charge is 0.337 e. The van der Waals surface area contributed by atoms with Crippen LogP contribution in [0.1, 0.15) is 42.5 Å². The summed E-state index contributed by atoms with van der Waals surface area (Å²) in [5.74, 6) is -1.09. The molecular formula is C15H19ClN2O3. The maximum atomic E-state index is 12.3. The van der Waals surface area contributed by atoms with Crippen molar-refractivity contribution >= 4 is 29.3 Å². The minimum atomic E-state index is -1.09. The van der Waals surface area contributed by atoms with Crippen LogP contribution in [0.15, 0.2) is 18.2 Å². The van der Waals surface area contributed by atoms with E-state index in [2.05, 4.69) is 5.32 Å². The SMILES string of the molecule is O=C(O)c1ccc(Cl)cc1NC(=O)N1CCCCCCC1. The first kappa shape index (κ1) is 15.6. The van der Waals surface area contributed by atoms with Crippen LogP contribution in [-0.2, 0) is 0 Å². The molecule has 21 heavy (non-hydrogen) atoms. The van der Waals surface area contributed by atoms with Crippen LogP contribution in [0.3, 0.4) is 0 Å². The summed E-state index contributed by atoms with van der Waals surface area (Å²) in [7, 11) is 0. The van der Waals surface area contributed by atoms with Gasteiger partial charge in [-0.05, 0) is 31.0 Å². The Morgan fingerprint density at radius 2 is 1.71 bits per heavy atom. The lowest BCUT2D eigenvalue weighted by Crippen LogP contribution is -2.37. The van der Waals surface area contributed by atoms with E-state index in [9.17, 15) is 9.59 Å². The number of anilines is 1. The van der Waals surface area contributed by atoms with Gasteiger partial charge in [0.2, 0.25) is 0 Å². The van der Waals surface area contributed by atoms with Crippen molar-refractivity contribution in [1.29, 1.82) is 0 Å². The number of carbonyl (C=O) groups excluding carboxylic acids is 1. The van der Waals surface area contributed by atoms with Crippen molar-refractivity contribution in [2.45, 2.75) is 32.1 Å². The minimum absolute atomic E-state index is 0.0415. The summed E-state index contributed by atoms with van der Waals surface area (Å²) >= 11 is 5.88. The molecule has 2 rings (SSSR count).